The molecule has 3 aromatic rings. The van der Waals surface area contributed by atoms with Gasteiger partial charge in [0.15, 0.2) is 0 Å². The summed E-state index contributed by atoms with van der Waals surface area (Å²) in [6, 6.07) is 25.1. The van der Waals surface area contributed by atoms with Gasteiger partial charge in [-0.1, -0.05) is 54.6 Å². The van der Waals surface area contributed by atoms with Crippen LogP contribution in [0.4, 0.5) is 0 Å². The molecule has 0 saturated heterocycles. The molecule has 0 saturated carbocycles. The van der Waals surface area contributed by atoms with Gasteiger partial charge in [0.1, 0.15) is 18.1 Å². The second-order valence-corrected chi connectivity index (χ2v) is 6.55. The molecule has 140 valence electrons. The van der Waals surface area contributed by atoms with E-state index in [4.69, 9.17) is 4.74 Å². The Hall–Kier alpha value is -2.82. The Bertz CT molecular complexity index is 819. The lowest BCUT2D eigenvalue weighted by Gasteiger charge is -2.17. The highest BCUT2D eigenvalue weighted by Gasteiger charge is 2.09. The first-order chi connectivity index (χ1) is 13.2. The number of benzene rings is 3. The van der Waals surface area contributed by atoms with E-state index in [0.29, 0.717) is 19.6 Å². The third-order valence-electron chi connectivity index (χ3n) is 4.38. The molecule has 0 unspecified atom stereocenters. The predicted octanol–water partition coefficient (Wildman–Crippen LogP) is 3.66. The average Bonchev–Trinajstić information content (AvgIpc) is 2.71. The maximum absolute atomic E-state index is 9.65. The van der Waals surface area contributed by atoms with Crippen LogP contribution in [-0.4, -0.2) is 22.9 Å². The molecule has 0 aliphatic rings. The Morgan fingerprint density at radius 2 is 1.56 bits per heavy atom. The predicted molar refractivity (Wildman–Crippen MR) is 107 cm³/mol. The van der Waals surface area contributed by atoms with E-state index in [1.54, 1.807) is 12.1 Å². The average molecular weight is 363 g/mol. The molecule has 0 fully saturated rings. The van der Waals surface area contributed by atoms with Crippen molar-refractivity contribution in [1.82, 2.24) is 5.32 Å². The maximum Gasteiger partial charge on any atom is 0.119 e. The van der Waals surface area contributed by atoms with E-state index in [9.17, 15) is 10.2 Å². The van der Waals surface area contributed by atoms with Crippen molar-refractivity contribution in [3.8, 4) is 11.5 Å². The van der Waals surface area contributed by atoms with Crippen LogP contribution in [0, 0.1) is 0 Å². The van der Waals surface area contributed by atoms with Crippen molar-refractivity contribution < 1.29 is 14.9 Å². The topological polar surface area (TPSA) is 61.7 Å². The minimum absolute atomic E-state index is 0.0467. The number of phenolic OH excluding ortho intramolecular Hbond substituents is 1. The number of aliphatic hydroxyl groups excluding tert-OH is 1. The van der Waals surface area contributed by atoms with E-state index in [0.717, 1.165) is 22.4 Å². The van der Waals surface area contributed by atoms with Crippen LogP contribution in [-0.2, 0) is 19.6 Å². The molecule has 4 nitrogen and oxygen atoms in total. The molecule has 0 aliphatic heterocycles. The fourth-order valence-corrected chi connectivity index (χ4v) is 2.88. The number of aliphatic hydroxyl groups is 1. The quantitative estimate of drug-likeness (QED) is 0.543. The zero-order valence-corrected chi connectivity index (χ0v) is 15.2. The highest BCUT2D eigenvalue weighted by atomic mass is 16.5. The minimum atomic E-state index is -0.0524. The molecular weight excluding hydrogens is 338 g/mol. The molecule has 0 bridgehead atoms. The molecular formula is C23H25NO3. The van der Waals surface area contributed by atoms with E-state index in [2.05, 4.69) is 5.32 Å². The number of ether oxygens (including phenoxy) is 1. The van der Waals surface area contributed by atoms with Crippen LogP contribution < -0.4 is 10.1 Å². The molecule has 0 radical (unpaired) electrons. The molecule has 0 aliphatic carbocycles. The number of phenols is 1. The second-order valence-electron chi connectivity index (χ2n) is 6.55. The molecule has 4 heteroatoms. The van der Waals surface area contributed by atoms with Gasteiger partial charge in [-0.25, -0.2) is 0 Å². The highest BCUT2D eigenvalue weighted by molar-refractivity contribution is 5.29. The van der Waals surface area contributed by atoms with Crippen LogP contribution in [0.15, 0.2) is 78.9 Å². The summed E-state index contributed by atoms with van der Waals surface area (Å²) >= 11 is 0. The number of rotatable bonds is 9. The molecule has 3 N–H and O–H groups in total. The van der Waals surface area contributed by atoms with Crippen molar-refractivity contribution in [2.45, 2.75) is 25.6 Å². The normalized spacial score (nSPS) is 11.9. The summed E-state index contributed by atoms with van der Waals surface area (Å²) in [5.74, 6) is 1.08. The highest BCUT2D eigenvalue weighted by Crippen LogP contribution is 2.16. The fraction of sp³-hybridized carbons (Fsp3) is 0.217. The number of hydrogen-bond donors (Lipinski definition) is 3. The van der Waals surface area contributed by atoms with Crippen LogP contribution in [0.5, 0.6) is 11.5 Å². The largest absolute Gasteiger partial charge is 0.508 e. The fourth-order valence-electron chi connectivity index (χ4n) is 2.88. The molecule has 0 spiro atoms. The van der Waals surface area contributed by atoms with E-state index < -0.39 is 0 Å². The standard InChI is InChI=1S/C23H25NO3/c25-16-21(24-15-20-7-4-8-22(26)14-20)13-18-9-11-23(12-10-18)27-17-19-5-2-1-3-6-19/h1-12,14,21,24-26H,13,15-17H2/t21-/m0/s1. The Labute approximate surface area is 160 Å². The van der Waals surface area contributed by atoms with E-state index in [-0.39, 0.29) is 18.4 Å². The smallest absolute Gasteiger partial charge is 0.119 e. The molecule has 3 aromatic carbocycles. The molecule has 0 aromatic heterocycles. The lowest BCUT2D eigenvalue weighted by molar-refractivity contribution is 0.240. The number of nitrogens with one attached hydrogen (secondary N) is 1. The third kappa shape index (κ3) is 6.13. The summed E-state index contributed by atoms with van der Waals surface area (Å²) in [6.45, 7) is 1.19. The second kappa shape index (κ2) is 9.76. The first-order valence-electron chi connectivity index (χ1n) is 9.11. The van der Waals surface area contributed by atoms with E-state index >= 15 is 0 Å². The number of hydrogen-bond acceptors (Lipinski definition) is 4. The zero-order chi connectivity index (χ0) is 18.9. The van der Waals surface area contributed by atoms with Gasteiger partial charge in [0.2, 0.25) is 0 Å². The Morgan fingerprint density at radius 1 is 0.815 bits per heavy atom. The maximum atomic E-state index is 9.65. The molecule has 27 heavy (non-hydrogen) atoms. The van der Waals surface area contributed by atoms with Crippen molar-refractivity contribution in [2.75, 3.05) is 6.61 Å². The monoisotopic (exact) mass is 363 g/mol. The van der Waals surface area contributed by atoms with Crippen LogP contribution in [0.25, 0.3) is 0 Å². The Balaban J connectivity index is 1.49. The van der Waals surface area contributed by atoms with Gasteiger partial charge in [0.05, 0.1) is 6.61 Å². The molecule has 1 atom stereocenters. The van der Waals surface area contributed by atoms with Gasteiger partial charge in [-0.05, 0) is 47.4 Å². The summed E-state index contributed by atoms with van der Waals surface area (Å²) in [5, 5.41) is 22.5. The van der Waals surface area contributed by atoms with Crippen LogP contribution >= 0.6 is 0 Å². The summed E-state index contributed by atoms with van der Waals surface area (Å²) in [6.07, 6.45) is 0.717. The van der Waals surface area contributed by atoms with Gasteiger partial charge < -0.3 is 20.3 Å². The van der Waals surface area contributed by atoms with Gasteiger partial charge in [0.25, 0.3) is 0 Å². The van der Waals surface area contributed by atoms with Crippen molar-refractivity contribution in [3.63, 3.8) is 0 Å². The van der Waals surface area contributed by atoms with Gasteiger partial charge in [-0.2, -0.15) is 0 Å². The van der Waals surface area contributed by atoms with E-state index in [1.807, 2.05) is 66.7 Å². The Kier molecular flexibility index (Phi) is 6.85. The summed E-state index contributed by atoms with van der Waals surface area (Å²) < 4.78 is 5.81. The molecule has 0 heterocycles. The van der Waals surface area contributed by atoms with Gasteiger partial charge in [-0.3, -0.25) is 0 Å². The van der Waals surface area contributed by atoms with Crippen LogP contribution in [0.2, 0.25) is 0 Å². The molecule has 3 rings (SSSR count). The van der Waals surface area contributed by atoms with Gasteiger partial charge >= 0.3 is 0 Å². The lowest BCUT2D eigenvalue weighted by atomic mass is 10.1. The molecule has 0 amide bonds. The van der Waals surface area contributed by atoms with Crippen LogP contribution in [0.3, 0.4) is 0 Å². The SMILES string of the molecule is OC[C@H](Cc1ccc(OCc2ccccc2)cc1)NCc1cccc(O)c1. The third-order valence-corrected chi connectivity index (χ3v) is 4.38. The Morgan fingerprint density at radius 3 is 2.26 bits per heavy atom. The van der Waals surface area contributed by atoms with Gasteiger partial charge in [0, 0.05) is 12.6 Å². The van der Waals surface area contributed by atoms with Crippen molar-refractivity contribution in [3.05, 3.63) is 95.6 Å². The number of aromatic hydroxyl groups is 1. The lowest BCUT2D eigenvalue weighted by Crippen LogP contribution is -2.34. The van der Waals surface area contributed by atoms with Crippen molar-refractivity contribution in [2.24, 2.45) is 0 Å². The zero-order valence-electron chi connectivity index (χ0n) is 15.2. The van der Waals surface area contributed by atoms with E-state index in [1.165, 1.54) is 0 Å². The summed E-state index contributed by atoms with van der Waals surface area (Å²) in [5.41, 5.74) is 3.25. The van der Waals surface area contributed by atoms with Crippen molar-refractivity contribution >= 4 is 0 Å². The van der Waals surface area contributed by atoms with Gasteiger partial charge in [-0.15, -0.1) is 0 Å². The minimum Gasteiger partial charge on any atom is -0.508 e. The van der Waals surface area contributed by atoms with Crippen LogP contribution in [0.1, 0.15) is 16.7 Å². The first kappa shape index (κ1) is 19.0. The summed E-state index contributed by atoms with van der Waals surface area (Å²) in [4.78, 5) is 0. The first-order valence-corrected chi connectivity index (χ1v) is 9.11. The van der Waals surface area contributed by atoms with Crippen molar-refractivity contribution in [1.29, 1.82) is 0 Å². The summed E-state index contributed by atoms with van der Waals surface area (Å²) in [7, 11) is 0.